The molecule has 1 aromatic heterocycles. The first kappa shape index (κ1) is 54.2. The minimum absolute atomic E-state index is 0.0354. The van der Waals surface area contributed by atoms with Crippen LogP contribution in [0.25, 0.3) is 21.5 Å². The standard InChI is InChI=1S/C62H64O13Si/c1-62(2,3)76(8,9)75-50(48-31-44-33-52(60(64)69-7)74-61(65)53(44)58(72-38-42-26-18-12-19-27-42)56(48)71-37-41-24-16-11-17-25-41)34-46(63)30-45-32-47-49(66-4)35-51(67-5)57(68-6)54(47)59(73-39-43-28-20-13-21-29-43)55(45)70-36-40-22-14-10-15-23-40/h10-29,31-33,35,50H,30,34,36-39H2,1-9H3. The van der Waals surface area contributed by atoms with E-state index in [4.69, 9.17) is 46.7 Å². The fraction of sp³-hybridized carbons (Fsp3) is 0.274. The van der Waals surface area contributed by atoms with Gasteiger partial charge in [-0.05, 0) is 64.0 Å². The molecule has 1 atom stereocenters. The molecule has 8 aromatic rings. The summed E-state index contributed by atoms with van der Waals surface area (Å²) in [5.74, 6) is 0.761. The van der Waals surface area contributed by atoms with Gasteiger partial charge in [0.25, 0.3) is 0 Å². The molecule has 1 unspecified atom stereocenters. The Hall–Kier alpha value is -8.07. The number of ether oxygens (including phenoxy) is 8. The molecule has 13 nitrogen and oxygen atoms in total. The van der Waals surface area contributed by atoms with E-state index < -0.39 is 26.0 Å². The minimum atomic E-state index is -2.79. The van der Waals surface area contributed by atoms with Crippen molar-refractivity contribution in [2.24, 2.45) is 0 Å². The van der Waals surface area contributed by atoms with E-state index in [1.54, 1.807) is 33.5 Å². The molecule has 0 amide bonds. The first-order chi connectivity index (χ1) is 36.6. The average molecular weight is 1050 g/mol. The maximum absolute atomic E-state index is 15.5. The van der Waals surface area contributed by atoms with Crippen LogP contribution >= 0.6 is 0 Å². The third-order valence-electron chi connectivity index (χ3n) is 13.6. The summed E-state index contributed by atoms with van der Waals surface area (Å²) in [7, 11) is 3.08. The van der Waals surface area contributed by atoms with E-state index in [1.165, 1.54) is 13.2 Å². The quantitative estimate of drug-likeness (QED) is 0.0442. The summed E-state index contributed by atoms with van der Waals surface area (Å²) in [6.07, 6.45) is -1.32. The highest BCUT2D eigenvalue weighted by Gasteiger charge is 2.41. The monoisotopic (exact) mass is 1040 g/mol. The van der Waals surface area contributed by atoms with Gasteiger partial charge in [-0.1, -0.05) is 142 Å². The van der Waals surface area contributed by atoms with E-state index in [0.717, 1.165) is 22.3 Å². The molecule has 7 aromatic carbocycles. The maximum atomic E-state index is 15.5. The van der Waals surface area contributed by atoms with Gasteiger partial charge >= 0.3 is 11.6 Å². The Morgan fingerprint density at radius 3 is 1.49 bits per heavy atom. The van der Waals surface area contributed by atoms with Crippen LogP contribution in [0.2, 0.25) is 18.1 Å². The lowest BCUT2D eigenvalue weighted by Crippen LogP contribution is -2.42. The zero-order valence-electron chi connectivity index (χ0n) is 44.5. The Morgan fingerprint density at radius 1 is 0.553 bits per heavy atom. The van der Waals surface area contributed by atoms with E-state index in [9.17, 15) is 9.59 Å². The number of hydrogen-bond acceptors (Lipinski definition) is 13. The molecular formula is C62H64O13Si. The first-order valence-electron chi connectivity index (χ1n) is 25.0. The van der Waals surface area contributed by atoms with Crippen LogP contribution in [0, 0.1) is 0 Å². The van der Waals surface area contributed by atoms with Crippen molar-refractivity contribution in [1.29, 1.82) is 0 Å². The SMILES string of the molecule is COC(=O)c1cc2cc(C(CC(=O)Cc3cc4c(OC)cc(OC)c(OC)c4c(OCc4ccccc4)c3OCc3ccccc3)O[Si](C)(C)C(C)(C)C)c(OCc3ccccc3)c(OCc3ccccc3)c2c(=O)o1. The number of benzene rings is 7. The Morgan fingerprint density at radius 2 is 1.03 bits per heavy atom. The second-order valence-corrected chi connectivity index (χ2v) is 24.5. The van der Waals surface area contributed by atoms with Crippen LogP contribution in [0.5, 0.6) is 40.2 Å². The van der Waals surface area contributed by atoms with Crippen LogP contribution in [-0.4, -0.2) is 48.5 Å². The molecule has 8 rings (SSSR count). The van der Waals surface area contributed by atoms with Gasteiger partial charge in [-0.3, -0.25) is 4.79 Å². The van der Waals surface area contributed by atoms with E-state index in [1.807, 2.05) is 127 Å². The summed E-state index contributed by atoms with van der Waals surface area (Å²) < 4.78 is 63.1. The number of carbonyl (C=O) groups is 2. The van der Waals surface area contributed by atoms with E-state index in [-0.39, 0.29) is 72.7 Å². The number of methoxy groups -OCH3 is 4. The highest BCUT2D eigenvalue weighted by atomic mass is 28.4. The molecule has 0 aliphatic rings. The largest absolute Gasteiger partial charge is 0.496 e. The van der Waals surface area contributed by atoms with Crippen molar-refractivity contribution < 1.29 is 56.3 Å². The second kappa shape index (κ2) is 24.1. The van der Waals surface area contributed by atoms with Gasteiger partial charge in [-0.15, -0.1) is 0 Å². The molecular weight excluding hydrogens is 981 g/mol. The van der Waals surface area contributed by atoms with Crippen molar-refractivity contribution in [1.82, 2.24) is 0 Å². The van der Waals surface area contributed by atoms with Crippen LogP contribution in [-0.2, 0) is 46.8 Å². The number of Topliss-reactive ketones (excluding diaryl/α,β-unsaturated/α-hetero) is 1. The number of ketones is 1. The summed E-state index contributed by atoms with van der Waals surface area (Å²) in [6.45, 7) is 11.0. The smallest absolute Gasteiger partial charge is 0.374 e. The lowest BCUT2D eigenvalue weighted by Gasteiger charge is -2.39. The number of esters is 1. The fourth-order valence-corrected chi connectivity index (χ4v) is 9.94. The highest BCUT2D eigenvalue weighted by molar-refractivity contribution is 6.74. The molecule has 0 saturated heterocycles. The van der Waals surface area contributed by atoms with E-state index in [0.29, 0.717) is 56.0 Å². The van der Waals surface area contributed by atoms with Crippen molar-refractivity contribution in [2.45, 2.75) is 84.3 Å². The van der Waals surface area contributed by atoms with Crippen molar-refractivity contribution in [3.8, 4) is 40.2 Å². The van der Waals surface area contributed by atoms with E-state index >= 15 is 4.79 Å². The van der Waals surface area contributed by atoms with Crippen LogP contribution in [0.3, 0.4) is 0 Å². The zero-order valence-corrected chi connectivity index (χ0v) is 45.5. The lowest BCUT2D eigenvalue weighted by atomic mass is 9.94. The van der Waals surface area contributed by atoms with Gasteiger partial charge in [0.15, 0.2) is 42.8 Å². The van der Waals surface area contributed by atoms with Crippen LogP contribution in [0.4, 0.5) is 0 Å². The van der Waals surface area contributed by atoms with Crippen molar-refractivity contribution in [3.63, 3.8) is 0 Å². The molecule has 0 saturated carbocycles. The van der Waals surface area contributed by atoms with Gasteiger partial charge in [-0.2, -0.15) is 0 Å². The van der Waals surface area contributed by atoms with Crippen LogP contribution in [0.15, 0.2) is 155 Å². The molecule has 0 aliphatic carbocycles. The van der Waals surface area contributed by atoms with Crippen molar-refractivity contribution in [3.05, 3.63) is 195 Å². The number of hydrogen-bond donors (Lipinski definition) is 0. The van der Waals surface area contributed by atoms with Gasteiger partial charge in [0.05, 0.1) is 39.9 Å². The molecule has 0 spiro atoms. The Labute approximate surface area is 444 Å². The molecule has 1 heterocycles. The van der Waals surface area contributed by atoms with Gasteiger partial charge in [-0.25, -0.2) is 9.59 Å². The predicted octanol–water partition coefficient (Wildman–Crippen LogP) is 13.3. The minimum Gasteiger partial charge on any atom is -0.496 e. The average Bonchev–Trinajstić information content (AvgIpc) is 3.50. The molecule has 394 valence electrons. The third-order valence-corrected chi connectivity index (χ3v) is 18.1. The molecule has 0 fully saturated rings. The Kier molecular flexibility index (Phi) is 17.2. The summed E-state index contributed by atoms with van der Waals surface area (Å²) in [5, 5.41) is 1.12. The van der Waals surface area contributed by atoms with Gasteiger partial charge in [0, 0.05) is 35.4 Å². The van der Waals surface area contributed by atoms with E-state index in [2.05, 4.69) is 33.9 Å². The molecule has 0 aliphatic heterocycles. The number of fused-ring (bicyclic) bond motifs is 2. The predicted molar refractivity (Wildman–Crippen MR) is 295 cm³/mol. The van der Waals surface area contributed by atoms with Gasteiger partial charge in [0.2, 0.25) is 5.76 Å². The van der Waals surface area contributed by atoms with Gasteiger partial charge < -0.3 is 46.7 Å². The highest BCUT2D eigenvalue weighted by Crippen LogP contribution is 2.52. The summed E-state index contributed by atoms with van der Waals surface area (Å²) in [6, 6.07) is 45.3. The van der Waals surface area contributed by atoms with Crippen LogP contribution in [0.1, 0.15) is 77.2 Å². The van der Waals surface area contributed by atoms with Gasteiger partial charge in [0.1, 0.15) is 43.3 Å². The Balaban J connectivity index is 1.33. The van der Waals surface area contributed by atoms with Crippen LogP contribution < -0.4 is 38.8 Å². The lowest BCUT2D eigenvalue weighted by molar-refractivity contribution is -0.120. The fourth-order valence-electron chi connectivity index (χ4n) is 8.66. The first-order valence-corrected chi connectivity index (χ1v) is 27.9. The summed E-state index contributed by atoms with van der Waals surface area (Å²) >= 11 is 0. The maximum Gasteiger partial charge on any atom is 0.374 e. The molecule has 14 heteroatoms. The molecule has 0 radical (unpaired) electrons. The number of carbonyl (C=O) groups excluding carboxylic acids is 2. The third kappa shape index (κ3) is 12.4. The normalized spacial score (nSPS) is 12.0. The zero-order chi connectivity index (χ0) is 54.0. The summed E-state index contributed by atoms with van der Waals surface area (Å²) in [4.78, 5) is 42.8. The molecule has 0 bridgehead atoms. The topological polar surface area (TPSA) is 147 Å². The molecule has 76 heavy (non-hydrogen) atoms. The molecule has 0 N–H and O–H groups in total. The van der Waals surface area contributed by atoms with Crippen molar-refractivity contribution in [2.75, 3.05) is 28.4 Å². The second-order valence-electron chi connectivity index (χ2n) is 19.8. The number of rotatable bonds is 23. The van der Waals surface area contributed by atoms with Crippen molar-refractivity contribution >= 4 is 41.6 Å². The Bertz CT molecular complexity index is 3350. The summed E-state index contributed by atoms with van der Waals surface area (Å²) in [5.41, 5.74) is 3.54.